The Kier molecular flexibility index (Phi) is 8.17. The first-order chi connectivity index (χ1) is 7.93. The van der Waals surface area contributed by atoms with Gasteiger partial charge in [-0.25, -0.2) is 0 Å². The molecule has 0 amide bonds. The summed E-state index contributed by atoms with van der Waals surface area (Å²) in [5, 5.41) is 24.3. The molecule has 3 N–H and O–H groups in total. The molecule has 1 rings (SSSR count). The van der Waals surface area contributed by atoms with Gasteiger partial charge < -0.3 is 15.3 Å². The van der Waals surface area contributed by atoms with Crippen LogP contribution in [0.4, 0.5) is 0 Å². The molecule has 1 fully saturated rings. The molecule has 17 heavy (non-hydrogen) atoms. The lowest BCUT2D eigenvalue weighted by atomic mass is 9.70. The number of rotatable bonds is 3. The summed E-state index contributed by atoms with van der Waals surface area (Å²) < 4.78 is 0. The molecule has 0 bridgehead atoms. The predicted octanol–water partition coefficient (Wildman–Crippen LogP) is 1.75. The molecule has 3 atom stereocenters. The number of carboxylic acid groups (broad SMARTS) is 1. The van der Waals surface area contributed by atoms with Gasteiger partial charge in [0, 0.05) is 0 Å². The van der Waals surface area contributed by atoms with E-state index < -0.39 is 5.97 Å². The minimum atomic E-state index is -0.592. The molecule has 0 radical (unpaired) electrons. The van der Waals surface area contributed by atoms with Gasteiger partial charge in [0.1, 0.15) is 0 Å². The second-order valence-electron chi connectivity index (χ2n) is 5.22. The van der Waals surface area contributed by atoms with Gasteiger partial charge in [0.25, 0.3) is 0 Å². The topological polar surface area (TPSA) is 77.8 Å². The second kappa shape index (κ2) is 8.48. The fraction of sp³-hybridized carbons (Fsp3) is 0.923. The summed E-state index contributed by atoms with van der Waals surface area (Å²) in [6.07, 6.45) is 3.17. The van der Waals surface area contributed by atoms with Crippen molar-refractivity contribution in [3.63, 3.8) is 0 Å². The third-order valence-electron chi connectivity index (χ3n) is 3.44. The molecule has 102 valence electrons. The molecular formula is C13H26O4. The van der Waals surface area contributed by atoms with E-state index in [0.717, 1.165) is 12.8 Å². The van der Waals surface area contributed by atoms with Crippen LogP contribution in [0.15, 0.2) is 0 Å². The number of carbonyl (C=O) groups is 1. The Balaban J connectivity index is 0.000000557. The van der Waals surface area contributed by atoms with Crippen LogP contribution in [0.5, 0.6) is 0 Å². The zero-order valence-electron chi connectivity index (χ0n) is 11.1. The van der Waals surface area contributed by atoms with Crippen LogP contribution in [0.1, 0.15) is 40.0 Å². The van der Waals surface area contributed by atoms with Crippen LogP contribution >= 0.6 is 0 Å². The lowest BCUT2D eigenvalue weighted by molar-refractivity contribution is -0.146. The average molecular weight is 246 g/mol. The van der Waals surface area contributed by atoms with Crippen LogP contribution < -0.4 is 0 Å². The van der Waals surface area contributed by atoms with E-state index in [0.29, 0.717) is 17.8 Å². The zero-order valence-corrected chi connectivity index (χ0v) is 11.1. The Hall–Kier alpha value is -0.610. The van der Waals surface area contributed by atoms with Crippen molar-refractivity contribution in [3.05, 3.63) is 0 Å². The predicted molar refractivity (Wildman–Crippen MR) is 66.6 cm³/mol. The smallest absolute Gasteiger partial charge is 0.306 e. The third-order valence-corrected chi connectivity index (χ3v) is 3.44. The van der Waals surface area contributed by atoms with Crippen molar-refractivity contribution >= 4 is 5.97 Å². The molecule has 0 aliphatic heterocycles. The maximum atomic E-state index is 11.0. The van der Waals surface area contributed by atoms with Crippen LogP contribution in [-0.2, 0) is 4.79 Å². The highest BCUT2D eigenvalue weighted by molar-refractivity contribution is 5.70. The molecule has 4 heteroatoms. The standard InChI is InChI=1S/C11H20O2.C2H6O2/c1-7(2)9-5-4-8(3)6-10(9)11(12)13;3-1-2-4/h7-10H,4-6H2,1-3H3,(H,12,13);3-4H,1-2H2. The Labute approximate surface area is 104 Å². The van der Waals surface area contributed by atoms with Gasteiger partial charge in [0.15, 0.2) is 0 Å². The van der Waals surface area contributed by atoms with Crippen molar-refractivity contribution in [2.45, 2.75) is 40.0 Å². The van der Waals surface area contributed by atoms with E-state index in [1.807, 2.05) is 0 Å². The molecule has 4 nitrogen and oxygen atoms in total. The fourth-order valence-electron chi connectivity index (χ4n) is 2.49. The van der Waals surface area contributed by atoms with Crippen molar-refractivity contribution in [2.75, 3.05) is 13.2 Å². The highest BCUT2D eigenvalue weighted by Gasteiger charge is 2.35. The van der Waals surface area contributed by atoms with E-state index >= 15 is 0 Å². The van der Waals surface area contributed by atoms with E-state index in [1.54, 1.807) is 0 Å². The summed E-state index contributed by atoms with van der Waals surface area (Å²) in [4.78, 5) is 11.0. The van der Waals surface area contributed by atoms with Crippen LogP contribution in [-0.4, -0.2) is 34.5 Å². The number of carboxylic acids is 1. The maximum absolute atomic E-state index is 11.0. The molecule has 0 aromatic rings. The Morgan fingerprint density at radius 2 is 1.76 bits per heavy atom. The number of hydrogen-bond acceptors (Lipinski definition) is 3. The molecule has 0 aromatic carbocycles. The van der Waals surface area contributed by atoms with Gasteiger partial charge in [0.05, 0.1) is 19.1 Å². The average Bonchev–Trinajstić information content (AvgIpc) is 2.28. The highest BCUT2D eigenvalue weighted by Crippen LogP contribution is 2.37. The SMILES string of the molecule is CC1CCC(C(C)C)C(C(=O)O)C1.OCCO. The monoisotopic (exact) mass is 246 g/mol. The van der Waals surface area contributed by atoms with Crippen molar-refractivity contribution < 1.29 is 20.1 Å². The van der Waals surface area contributed by atoms with Gasteiger partial charge >= 0.3 is 5.97 Å². The summed E-state index contributed by atoms with van der Waals surface area (Å²) in [5.41, 5.74) is 0. The van der Waals surface area contributed by atoms with Gasteiger partial charge in [-0.15, -0.1) is 0 Å². The van der Waals surface area contributed by atoms with Crippen molar-refractivity contribution in [1.29, 1.82) is 0 Å². The van der Waals surface area contributed by atoms with Crippen molar-refractivity contribution in [3.8, 4) is 0 Å². The summed E-state index contributed by atoms with van der Waals surface area (Å²) in [7, 11) is 0. The third kappa shape index (κ3) is 6.03. The zero-order chi connectivity index (χ0) is 13.4. The van der Waals surface area contributed by atoms with E-state index in [1.165, 1.54) is 6.42 Å². The molecule has 0 heterocycles. The number of aliphatic hydroxyl groups is 2. The number of aliphatic hydroxyl groups excluding tert-OH is 2. The lowest BCUT2D eigenvalue weighted by Crippen LogP contribution is -2.33. The van der Waals surface area contributed by atoms with E-state index in [4.69, 9.17) is 15.3 Å². The number of aliphatic carboxylic acids is 1. The second-order valence-corrected chi connectivity index (χ2v) is 5.22. The van der Waals surface area contributed by atoms with Crippen molar-refractivity contribution in [2.24, 2.45) is 23.7 Å². The molecule has 1 saturated carbocycles. The molecule has 0 saturated heterocycles. The Morgan fingerprint density at radius 3 is 2.12 bits per heavy atom. The first-order valence-electron chi connectivity index (χ1n) is 6.38. The first kappa shape index (κ1) is 16.4. The minimum Gasteiger partial charge on any atom is -0.481 e. The summed E-state index contributed by atoms with van der Waals surface area (Å²) in [6.45, 7) is 6.18. The van der Waals surface area contributed by atoms with Crippen LogP contribution in [0.2, 0.25) is 0 Å². The van der Waals surface area contributed by atoms with Gasteiger partial charge in [-0.3, -0.25) is 4.79 Å². The molecule has 0 spiro atoms. The van der Waals surface area contributed by atoms with Crippen LogP contribution in [0.25, 0.3) is 0 Å². The molecule has 1 aliphatic rings. The lowest BCUT2D eigenvalue weighted by Gasteiger charge is -2.34. The van der Waals surface area contributed by atoms with Gasteiger partial charge in [-0.05, 0) is 30.6 Å². The van der Waals surface area contributed by atoms with Gasteiger partial charge in [-0.1, -0.05) is 27.2 Å². The summed E-state index contributed by atoms with van der Waals surface area (Å²) in [5.74, 6) is 0.812. The van der Waals surface area contributed by atoms with Crippen molar-refractivity contribution in [1.82, 2.24) is 0 Å². The summed E-state index contributed by atoms with van der Waals surface area (Å²) in [6, 6.07) is 0. The normalized spacial score (nSPS) is 28.5. The summed E-state index contributed by atoms with van der Waals surface area (Å²) >= 11 is 0. The quantitative estimate of drug-likeness (QED) is 0.709. The molecular weight excluding hydrogens is 220 g/mol. The Bertz CT molecular complexity index is 213. The van der Waals surface area contributed by atoms with E-state index in [2.05, 4.69) is 20.8 Å². The Morgan fingerprint density at radius 1 is 1.24 bits per heavy atom. The van der Waals surface area contributed by atoms with Crippen LogP contribution in [0.3, 0.4) is 0 Å². The molecule has 0 aromatic heterocycles. The number of hydrogen-bond donors (Lipinski definition) is 3. The molecule has 1 aliphatic carbocycles. The fourth-order valence-corrected chi connectivity index (χ4v) is 2.49. The maximum Gasteiger partial charge on any atom is 0.306 e. The van der Waals surface area contributed by atoms with E-state index in [-0.39, 0.29) is 19.1 Å². The minimum absolute atomic E-state index is 0.0938. The van der Waals surface area contributed by atoms with Gasteiger partial charge in [0.2, 0.25) is 0 Å². The largest absolute Gasteiger partial charge is 0.481 e. The molecule has 3 unspecified atom stereocenters. The first-order valence-corrected chi connectivity index (χ1v) is 6.38. The van der Waals surface area contributed by atoms with Crippen LogP contribution in [0, 0.1) is 23.7 Å². The van der Waals surface area contributed by atoms with E-state index in [9.17, 15) is 4.79 Å². The van der Waals surface area contributed by atoms with Gasteiger partial charge in [-0.2, -0.15) is 0 Å². The highest BCUT2D eigenvalue weighted by atomic mass is 16.4.